The second kappa shape index (κ2) is 47.3. The molecule has 120 heavy (non-hydrogen) atoms. The van der Waals surface area contributed by atoms with Crippen molar-refractivity contribution < 1.29 is 49.5 Å². The number of carbonyl (C=O) groups is 5. The van der Waals surface area contributed by atoms with Crippen LogP contribution in [-0.2, 0) is 45.0 Å². The van der Waals surface area contributed by atoms with E-state index >= 15 is 0 Å². The number of β-amino-alcohol motifs (C(OH)–C–C–N with tert-alkyl or cyclic N) is 1. The third-order valence-corrected chi connectivity index (χ3v) is 21.8. The van der Waals surface area contributed by atoms with E-state index in [1.807, 2.05) is 98.4 Å². The van der Waals surface area contributed by atoms with Crippen LogP contribution in [0.2, 0.25) is 0 Å². The molecule has 5 amide bonds. The van der Waals surface area contributed by atoms with Gasteiger partial charge in [-0.25, -0.2) is 4.98 Å². The Kier molecular flexibility index (Phi) is 40.2. The minimum atomic E-state index is -0.914. The van der Waals surface area contributed by atoms with Gasteiger partial charge in [0, 0.05) is 97.6 Å². The quantitative estimate of drug-likeness (QED) is 0.0430. The van der Waals surface area contributed by atoms with Crippen LogP contribution in [0.5, 0.6) is 0 Å². The first-order chi connectivity index (χ1) is 56.0. The van der Waals surface area contributed by atoms with E-state index in [0.29, 0.717) is 48.3 Å². The van der Waals surface area contributed by atoms with Gasteiger partial charge in [-0.05, 0) is 218 Å². The van der Waals surface area contributed by atoms with Crippen LogP contribution in [0.1, 0.15) is 294 Å². The molecule has 4 aliphatic heterocycles. The number of nitrogens with one attached hydrogen (secondary N) is 5. The van der Waals surface area contributed by atoms with Gasteiger partial charge in [-0.3, -0.25) is 28.7 Å². The van der Waals surface area contributed by atoms with Crippen LogP contribution in [-0.4, -0.2) is 212 Å². The molecule has 22 heteroatoms. The molecule has 4 saturated heterocycles. The van der Waals surface area contributed by atoms with Gasteiger partial charge in [-0.15, -0.1) is 0 Å². The van der Waals surface area contributed by atoms with Crippen molar-refractivity contribution in [1.82, 2.24) is 60.6 Å². The summed E-state index contributed by atoms with van der Waals surface area (Å²) in [7, 11) is 4.15. The molecule has 4 aliphatic rings. The van der Waals surface area contributed by atoms with E-state index in [0.717, 1.165) is 80.2 Å². The van der Waals surface area contributed by atoms with E-state index < -0.39 is 12.1 Å². The topological polar surface area (TPSA) is 292 Å². The molecule has 664 valence electrons. The SMILES string of the molecule is CC(C)(C)c1ccc(C(=O)N2CC[C@@H](O)C2)cc1.CC(C)(C)c1ccc(C(=O)NC(CO)CO)cc1.CC(C)(C)c1ccc(C(=O)NCCN2CCCCC2)cc1.CC(C)(C)c1ccc(C(=O)NC[C@@H](O)CO)cc1.CC(C)(C)c1cnn(C2CCNCC2)c1.CN1CCC(NC(=O)c2ccc(C(C)(C)C)cc2)CC1.Cn1ccnc1C(C)(C)C. The van der Waals surface area contributed by atoms with Crippen molar-refractivity contribution in [3.8, 4) is 0 Å². The Labute approximate surface area is 719 Å². The molecule has 0 spiro atoms. The number of aromatic nitrogens is 4. The molecule has 0 aliphatic carbocycles. The Bertz CT molecular complexity index is 4160. The highest BCUT2D eigenvalue weighted by Crippen LogP contribution is 2.29. The van der Waals surface area contributed by atoms with Crippen molar-refractivity contribution >= 4 is 29.5 Å². The van der Waals surface area contributed by atoms with Gasteiger partial charge in [0.25, 0.3) is 29.5 Å². The predicted octanol–water partition coefficient (Wildman–Crippen LogP) is 14.2. The maximum absolute atomic E-state index is 12.2. The smallest absolute Gasteiger partial charge is 0.253 e. The number of hydrogen-bond donors (Lipinski definition) is 10. The number of nitrogens with zero attached hydrogens (tertiary/aromatic N) is 7. The highest BCUT2D eigenvalue weighted by Gasteiger charge is 2.28. The highest BCUT2D eigenvalue weighted by atomic mass is 16.3. The lowest BCUT2D eigenvalue weighted by atomic mass is 9.86. The van der Waals surface area contributed by atoms with E-state index in [-0.39, 0.29) is 99.9 Å². The fourth-order valence-electron chi connectivity index (χ4n) is 13.6. The number of hydrogen-bond acceptors (Lipinski definition) is 15. The molecular weight excluding hydrogens is 1510 g/mol. The van der Waals surface area contributed by atoms with Gasteiger partial charge in [0.15, 0.2) is 0 Å². The third-order valence-electron chi connectivity index (χ3n) is 21.8. The van der Waals surface area contributed by atoms with Crippen LogP contribution in [0.4, 0.5) is 0 Å². The molecule has 0 saturated carbocycles. The molecular formula is C98H152N12O10. The minimum absolute atomic E-state index is 0.0204. The van der Waals surface area contributed by atoms with Crippen LogP contribution in [0.3, 0.4) is 0 Å². The lowest BCUT2D eigenvalue weighted by Crippen LogP contribution is -2.43. The molecule has 5 aromatic carbocycles. The number of carbonyl (C=O) groups excluding carboxylic acids is 5. The molecule has 7 aromatic rings. The zero-order valence-corrected chi connectivity index (χ0v) is 77.2. The summed E-state index contributed by atoms with van der Waals surface area (Å²) >= 11 is 0. The number of aliphatic hydroxyl groups is 5. The molecule has 0 unspecified atom stereocenters. The average molecular weight is 1660 g/mol. The van der Waals surface area contributed by atoms with Crippen LogP contribution < -0.4 is 26.6 Å². The van der Waals surface area contributed by atoms with Gasteiger partial charge < -0.3 is 71.4 Å². The van der Waals surface area contributed by atoms with Crippen LogP contribution in [0, 0.1) is 0 Å². The maximum Gasteiger partial charge on any atom is 0.253 e. The fourth-order valence-corrected chi connectivity index (χ4v) is 13.6. The highest BCUT2D eigenvalue weighted by molar-refractivity contribution is 5.96. The number of amides is 5. The summed E-state index contributed by atoms with van der Waals surface area (Å²) < 4.78 is 4.21. The van der Waals surface area contributed by atoms with Crippen molar-refractivity contribution in [2.75, 3.05) is 98.9 Å². The lowest BCUT2D eigenvalue weighted by Gasteiger charge is -2.29. The molecule has 2 atom stereocenters. The Morgan fingerprint density at radius 1 is 0.475 bits per heavy atom. The number of benzene rings is 5. The van der Waals surface area contributed by atoms with Crippen LogP contribution in [0.25, 0.3) is 0 Å². The molecule has 4 fully saturated rings. The summed E-state index contributed by atoms with van der Waals surface area (Å²) in [6.07, 6.45) is 15.9. The van der Waals surface area contributed by atoms with Gasteiger partial charge in [0.2, 0.25) is 0 Å². The Morgan fingerprint density at radius 3 is 1.24 bits per heavy atom. The van der Waals surface area contributed by atoms with E-state index in [2.05, 4.69) is 239 Å². The van der Waals surface area contributed by atoms with Crippen molar-refractivity contribution in [3.05, 3.63) is 213 Å². The largest absolute Gasteiger partial charge is 0.394 e. The maximum atomic E-state index is 12.2. The van der Waals surface area contributed by atoms with Crippen LogP contribution >= 0.6 is 0 Å². The van der Waals surface area contributed by atoms with E-state index in [1.54, 1.807) is 29.2 Å². The van der Waals surface area contributed by atoms with Crippen LogP contribution in [0.15, 0.2) is 146 Å². The standard InChI is InChI=1S/C18H28N2O.C17H26N2O.C15H21NO2.2C14H21NO3.C12H21N3.C8H14N2/c1-18(2,3)16-9-7-15(8-10-16)17(21)19-11-14-20-12-5-4-6-13-20;1-17(2,3)14-7-5-13(6-8-14)16(20)18-15-9-11-19(4)12-10-15;1-15(2,3)12-6-4-11(5-7-12)14(18)16-9-8-13(17)10-16;1-14(2,3)11-6-4-10(5-7-11)13(18)15-12(8-16)9-17;1-14(2,3)11-6-4-10(5-7-11)13(18)15-8-12(17)9-16;1-12(2,3)10-8-14-15(9-10)11-4-6-13-7-5-11;1-8(2,3)7-9-5-6-10(7)4/h7-10H,4-6,11-14H2,1-3H3,(H,19,21);5-8,15H,9-12H2,1-4H3,(H,18,20);4-7,13,17H,8-10H2,1-3H3;2*4-7,12,16-17H,8-9H2,1-3H3,(H,15,18);8-9,11,13H,4-7H2,1-3H3;5-6H,1-4H3/t;;13-;;12-;;/m..1.1../s1. The molecule has 2 aromatic heterocycles. The summed E-state index contributed by atoms with van der Waals surface area (Å²) in [6, 6.07) is 38.8. The Hall–Kier alpha value is -8.45. The molecule has 0 radical (unpaired) electrons. The number of likely N-dealkylation sites (tertiary alicyclic amines) is 3. The molecule has 0 bridgehead atoms. The van der Waals surface area contributed by atoms with E-state index in [4.69, 9.17) is 20.4 Å². The summed E-state index contributed by atoms with van der Waals surface area (Å²) in [5, 5.41) is 64.2. The van der Waals surface area contributed by atoms with Crippen molar-refractivity contribution in [2.24, 2.45) is 7.05 Å². The Morgan fingerprint density at radius 2 is 0.883 bits per heavy atom. The summed E-state index contributed by atoms with van der Waals surface area (Å²) in [6.45, 7) is 54.1. The van der Waals surface area contributed by atoms with E-state index in [9.17, 15) is 29.1 Å². The first kappa shape index (κ1) is 102. The van der Waals surface area contributed by atoms with Crippen molar-refractivity contribution in [1.29, 1.82) is 0 Å². The average Bonchev–Trinajstić information content (AvgIpc) is 1.79. The number of aliphatic hydroxyl groups excluding tert-OH is 5. The number of piperidine rings is 3. The molecule has 10 N–H and O–H groups in total. The van der Waals surface area contributed by atoms with Gasteiger partial charge in [0.1, 0.15) is 5.82 Å². The van der Waals surface area contributed by atoms with Gasteiger partial charge >= 0.3 is 0 Å². The van der Waals surface area contributed by atoms with E-state index in [1.165, 1.54) is 67.4 Å². The first-order valence-corrected chi connectivity index (χ1v) is 43.3. The van der Waals surface area contributed by atoms with Crippen molar-refractivity contribution in [2.45, 2.75) is 265 Å². The molecule has 11 rings (SSSR count). The summed E-state index contributed by atoms with van der Waals surface area (Å²) in [5.74, 6) is 0.707. The van der Waals surface area contributed by atoms with Gasteiger partial charge in [-0.1, -0.05) is 212 Å². The zero-order chi connectivity index (χ0) is 89.6. The molecule has 6 heterocycles. The second-order valence-electron chi connectivity index (χ2n) is 39.7. The summed E-state index contributed by atoms with van der Waals surface area (Å²) in [5.41, 5.74) is 11.5. The predicted molar refractivity (Wildman–Crippen MR) is 488 cm³/mol. The summed E-state index contributed by atoms with van der Waals surface area (Å²) in [4.78, 5) is 70.8. The van der Waals surface area contributed by atoms with Crippen molar-refractivity contribution in [3.63, 3.8) is 0 Å². The third kappa shape index (κ3) is 35.6. The number of imidazole rings is 1. The fraction of sp³-hybridized carbons (Fsp3) is 0.582. The minimum Gasteiger partial charge on any atom is -0.394 e. The first-order valence-electron chi connectivity index (χ1n) is 43.3. The number of aryl methyl sites for hydroxylation is 1. The zero-order valence-electron chi connectivity index (χ0n) is 77.2. The Balaban J connectivity index is 0.000000251. The monoisotopic (exact) mass is 1660 g/mol. The lowest BCUT2D eigenvalue weighted by molar-refractivity contribution is 0.0763. The number of rotatable bonds is 16. The molecule has 22 nitrogen and oxygen atoms in total. The second-order valence-corrected chi connectivity index (χ2v) is 39.7. The normalized spacial score (nSPS) is 16.1. The van der Waals surface area contributed by atoms with Gasteiger partial charge in [-0.2, -0.15) is 5.10 Å². The van der Waals surface area contributed by atoms with Gasteiger partial charge in [0.05, 0.1) is 50.3 Å².